The van der Waals surface area contributed by atoms with Gasteiger partial charge >= 0.3 is 11.9 Å². The van der Waals surface area contributed by atoms with Gasteiger partial charge in [0.2, 0.25) is 0 Å². The highest BCUT2D eigenvalue weighted by Crippen LogP contribution is 2.07. The fourth-order valence-electron chi connectivity index (χ4n) is 0.974. The molecule has 0 aromatic rings. The number of nitrogens with zero attached hydrogens (tertiary/aromatic N) is 2. The molecule has 6 nitrogen and oxygen atoms in total. The highest BCUT2D eigenvalue weighted by molar-refractivity contribution is 5.72. The summed E-state index contributed by atoms with van der Waals surface area (Å²) in [6.07, 6.45) is 0.768. The van der Waals surface area contributed by atoms with E-state index in [-0.39, 0.29) is 24.7 Å². The zero-order valence-corrected chi connectivity index (χ0v) is 10.5. The van der Waals surface area contributed by atoms with Crippen LogP contribution in [0.4, 0.5) is 0 Å². The first-order valence-electron chi connectivity index (χ1n) is 5.69. The molecule has 0 radical (unpaired) electrons. The van der Waals surface area contributed by atoms with E-state index in [1.54, 1.807) is 13.8 Å². The summed E-state index contributed by atoms with van der Waals surface area (Å²) >= 11 is 0. The van der Waals surface area contributed by atoms with Gasteiger partial charge in [-0.25, -0.2) is 19.4 Å². The lowest BCUT2D eigenvalue weighted by atomic mass is 10.1. The van der Waals surface area contributed by atoms with Crippen LogP contribution >= 0.6 is 0 Å². The minimum absolute atomic E-state index is 0.0244. The Hall–Kier alpha value is -2.08. The average molecular weight is 252 g/mol. The zero-order valence-electron chi connectivity index (χ0n) is 10.5. The second-order valence-electron chi connectivity index (χ2n) is 4.05. The first-order chi connectivity index (χ1) is 8.49. The van der Waals surface area contributed by atoms with Crippen LogP contribution < -0.4 is 0 Å². The van der Waals surface area contributed by atoms with Gasteiger partial charge in [0.05, 0.1) is 25.0 Å². The first kappa shape index (κ1) is 15.9. The van der Waals surface area contributed by atoms with Crippen LogP contribution in [0.25, 0.3) is 0 Å². The Morgan fingerprint density at radius 3 is 1.56 bits per heavy atom. The maximum absolute atomic E-state index is 11.1. The Bertz CT molecular complexity index is 331. The molecule has 0 aliphatic carbocycles. The van der Waals surface area contributed by atoms with E-state index in [9.17, 15) is 9.59 Å². The van der Waals surface area contributed by atoms with E-state index in [0.717, 1.165) is 0 Å². The van der Waals surface area contributed by atoms with Crippen LogP contribution in [0.1, 0.15) is 39.5 Å². The van der Waals surface area contributed by atoms with Crippen LogP contribution in [0.3, 0.4) is 0 Å². The van der Waals surface area contributed by atoms with Gasteiger partial charge < -0.3 is 0 Å². The zero-order chi connectivity index (χ0) is 14.0. The van der Waals surface area contributed by atoms with E-state index in [2.05, 4.69) is 9.78 Å². The molecule has 0 amide bonds. The predicted molar refractivity (Wildman–Crippen MR) is 60.2 cm³/mol. The quantitative estimate of drug-likeness (QED) is 0.528. The molecule has 6 heteroatoms. The van der Waals surface area contributed by atoms with Crippen molar-refractivity contribution >= 4 is 11.9 Å². The number of hydrogen-bond donors (Lipinski definition) is 0. The van der Waals surface area contributed by atoms with Crippen molar-refractivity contribution in [3.8, 4) is 12.1 Å². The standard InChI is InChI=1S/C12H16N2O4/c1-9(7-13)3-5-11(15)17-18-12(16)6-4-10(2)8-14/h9-10H,3-6H2,1-2H3. The van der Waals surface area contributed by atoms with Gasteiger partial charge in [-0.2, -0.15) is 10.5 Å². The van der Waals surface area contributed by atoms with E-state index in [1.807, 2.05) is 12.1 Å². The maximum atomic E-state index is 11.1. The molecule has 0 aromatic carbocycles. The second-order valence-corrected chi connectivity index (χ2v) is 4.05. The number of carbonyl (C=O) groups is 2. The summed E-state index contributed by atoms with van der Waals surface area (Å²) in [4.78, 5) is 30.8. The smallest absolute Gasteiger partial charge is 0.247 e. The van der Waals surface area contributed by atoms with Crippen molar-refractivity contribution in [2.75, 3.05) is 0 Å². The van der Waals surface area contributed by atoms with E-state index >= 15 is 0 Å². The third kappa shape index (κ3) is 8.12. The third-order valence-corrected chi connectivity index (χ3v) is 2.23. The van der Waals surface area contributed by atoms with E-state index in [0.29, 0.717) is 12.8 Å². The van der Waals surface area contributed by atoms with Crippen LogP contribution in [0.15, 0.2) is 0 Å². The third-order valence-electron chi connectivity index (χ3n) is 2.23. The summed E-state index contributed by atoms with van der Waals surface area (Å²) in [6, 6.07) is 3.96. The molecule has 0 N–H and O–H groups in total. The second kappa shape index (κ2) is 9.00. The summed E-state index contributed by atoms with van der Waals surface area (Å²) < 4.78 is 0. The highest BCUT2D eigenvalue weighted by atomic mass is 17.2. The topological polar surface area (TPSA) is 100 Å². The average Bonchev–Trinajstić information content (AvgIpc) is 2.39. The van der Waals surface area contributed by atoms with Crippen LogP contribution in [-0.2, 0) is 19.4 Å². The summed E-state index contributed by atoms with van der Waals surface area (Å²) in [7, 11) is 0. The van der Waals surface area contributed by atoms with E-state index in [4.69, 9.17) is 10.5 Å². The minimum atomic E-state index is -0.682. The molecule has 0 rings (SSSR count). The van der Waals surface area contributed by atoms with Gasteiger partial charge in [-0.15, -0.1) is 0 Å². The molecule has 0 saturated heterocycles. The van der Waals surface area contributed by atoms with Crippen molar-refractivity contribution in [3.05, 3.63) is 0 Å². The van der Waals surface area contributed by atoms with Crippen molar-refractivity contribution in [2.45, 2.75) is 39.5 Å². The predicted octanol–water partition coefficient (Wildman–Crippen LogP) is 1.87. The van der Waals surface area contributed by atoms with Gasteiger partial charge in [-0.1, -0.05) is 0 Å². The molecular weight excluding hydrogens is 236 g/mol. The molecule has 18 heavy (non-hydrogen) atoms. The number of hydrogen-bond acceptors (Lipinski definition) is 6. The van der Waals surface area contributed by atoms with Crippen molar-refractivity contribution < 1.29 is 19.4 Å². The summed E-state index contributed by atoms with van der Waals surface area (Å²) in [5.74, 6) is -1.85. The Morgan fingerprint density at radius 2 is 1.28 bits per heavy atom. The Labute approximate surface area is 106 Å². The lowest BCUT2D eigenvalue weighted by molar-refractivity contribution is -0.259. The Balaban J connectivity index is 3.70. The lowest BCUT2D eigenvalue weighted by Crippen LogP contribution is -2.12. The van der Waals surface area contributed by atoms with Crippen molar-refractivity contribution in [3.63, 3.8) is 0 Å². The molecule has 98 valence electrons. The van der Waals surface area contributed by atoms with E-state index < -0.39 is 11.9 Å². The largest absolute Gasteiger partial charge is 0.355 e. The van der Waals surface area contributed by atoms with Gasteiger partial charge in [-0.05, 0) is 26.7 Å². The fourth-order valence-corrected chi connectivity index (χ4v) is 0.974. The summed E-state index contributed by atoms with van der Waals surface area (Å²) in [5, 5.41) is 17.0. The molecule has 0 aliphatic rings. The van der Waals surface area contributed by atoms with Crippen LogP contribution in [0, 0.1) is 34.5 Å². The van der Waals surface area contributed by atoms with Gasteiger partial charge in [-0.3, -0.25) is 0 Å². The SMILES string of the molecule is CC(C#N)CCC(=O)OOC(=O)CCC(C)C#N. The Kier molecular flexibility index (Phi) is 7.96. The first-order valence-corrected chi connectivity index (χ1v) is 5.69. The van der Waals surface area contributed by atoms with E-state index in [1.165, 1.54) is 0 Å². The molecular formula is C12H16N2O4. The lowest BCUT2D eigenvalue weighted by Gasteiger charge is -2.04. The number of carbonyl (C=O) groups excluding carboxylic acids is 2. The van der Waals surface area contributed by atoms with Gasteiger partial charge in [0.15, 0.2) is 0 Å². The minimum Gasteiger partial charge on any atom is -0.247 e. The number of rotatable bonds is 6. The molecule has 2 unspecified atom stereocenters. The van der Waals surface area contributed by atoms with Crippen molar-refractivity contribution in [1.82, 2.24) is 0 Å². The summed E-state index contributed by atoms with van der Waals surface area (Å²) in [6.45, 7) is 3.37. The highest BCUT2D eigenvalue weighted by Gasteiger charge is 2.12. The summed E-state index contributed by atoms with van der Waals surface area (Å²) in [5.41, 5.74) is 0. The van der Waals surface area contributed by atoms with Gasteiger partial charge in [0.25, 0.3) is 0 Å². The van der Waals surface area contributed by atoms with Gasteiger partial charge in [0, 0.05) is 11.8 Å². The molecule has 0 saturated carbocycles. The maximum Gasteiger partial charge on any atom is 0.355 e. The van der Waals surface area contributed by atoms with Crippen molar-refractivity contribution in [2.24, 2.45) is 11.8 Å². The monoisotopic (exact) mass is 252 g/mol. The van der Waals surface area contributed by atoms with Crippen LogP contribution in [-0.4, -0.2) is 11.9 Å². The molecule has 0 spiro atoms. The number of nitriles is 2. The molecule has 0 aromatic heterocycles. The molecule has 0 bridgehead atoms. The normalized spacial score (nSPS) is 12.7. The molecule has 2 atom stereocenters. The Morgan fingerprint density at radius 1 is 0.944 bits per heavy atom. The molecule has 0 fully saturated rings. The molecule has 0 heterocycles. The van der Waals surface area contributed by atoms with Crippen LogP contribution in [0.5, 0.6) is 0 Å². The van der Waals surface area contributed by atoms with Gasteiger partial charge in [0.1, 0.15) is 0 Å². The molecule has 0 aliphatic heterocycles. The fraction of sp³-hybridized carbons (Fsp3) is 0.667. The van der Waals surface area contributed by atoms with Crippen molar-refractivity contribution in [1.29, 1.82) is 10.5 Å². The van der Waals surface area contributed by atoms with Crippen LogP contribution in [0.2, 0.25) is 0 Å².